The van der Waals surface area contributed by atoms with E-state index in [1.165, 1.54) is 0 Å². The van der Waals surface area contributed by atoms with Gasteiger partial charge in [-0.05, 0) is 12.1 Å². The molecule has 0 aromatic carbocycles. The number of rotatable bonds is 2. The maximum atomic E-state index is 7.24. The Morgan fingerprint density at radius 1 is 1.55 bits per heavy atom. The highest BCUT2D eigenvalue weighted by molar-refractivity contribution is 5.93. The smallest absolute Gasteiger partial charge is 0.166 e. The van der Waals surface area contributed by atoms with Gasteiger partial charge in [-0.1, -0.05) is 11.3 Å². The summed E-state index contributed by atoms with van der Waals surface area (Å²) in [6, 6.07) is 5.19. The van der Waals surface area contributed by atoms with Crippen molar-refractivity contribution in [3.63, 3.8) is 0 Å². The van der Waals surface area contributed by atoms with Crippen LogP contribution in [0.15, 0.2) is 29.6 Å². The van der Waals surface area contributed by atoms with E-state index in [9.17, 15) is 0 Å². The first-order valence-electron chi connectivity index (χ1n) is 2.97. The quantitative estimate of drug-likeness (QED) is 0.253. The van der Waals surface area contributed by atoms with E-state index in [0.29, 0.717) is 5.69 Å². The van der Waals surface area contributed by atoms with E-state index in [0.717, 1.165) is 0 Å². The molecule has 3 N–H and O–H groups in total. The lowest BCUT2D eigenvalue weighted by Gasteiger charge is -1.97. The molecule has 0 aliphatic carbocycles. The van der Waals surface area contributed by atoms with Crippen molar-refractivity contribution in [3.8, 4) is 0 Å². The highest BCUT2D eigenvalue weighted by Gasteiger charge is 1.97. The summed E-state index contributed by atoms with van der Waals surface area (Å²) in [6.45, 7) is 0. The predicted molar refractivity (Wildman–Crippen MR) is 39.3 cm³/mol. The van der Waals surface area contributed by atoms with Crippen LogP contribution in [0.5, 0.6) is 0 Å². The lowest BCUT2D eigenvalue weighted by molar-refractivity contribution is 0.857. The van der Waals surface area contributed by atoms with Gasteiger partial charge in [0.05, 0.1) is 0 Å². The van der Waals surface area contributed by atoms with Gasteiger partial charge in [-0.15, -0.1) is 0 Å². The van der Waals surface area contributed by atoms with E-state index >= 15 is 0 Å². The van der Waals surface area contributed by atoms with Crippen molar-refractivity contribution in [2.24, 2.45) is 5.22 Å². The Bertz CT molecular complexity index is 255. The molecule has 11 heavy (non-hydrogen) atoms. The number of nitrogens with zero attached hydrogens (tertiary/aromatic N) is 2. The second-order valence-corrected chi connectivity index (χ2v) is 1.81. The normalized spacial score (nSPS) is 8.73. The molecule has 1 heterocycles. The minimum absolute atomic E-state index is 0.0283. The van der Waals surface area contributed by atoms with Gasteiger partial charge in [-0.2, -0.15) is 5.53 Å². The van der Waals surface area contributed by atoms with Gasteiger partial charge in [0, 0.05) is 6.20 Å². The SMILES string of the molecule is N=NNC(=N)c1ccccn1. The molecule has 0 atom stereocenters. The summed E-state index contributed by atoms with van der Waals surface area (Å²) in [5.74, 6) is 0.0283. The Kier molecular flexibility index (Phi) is 2.27. The van der Waals surface area contributed by atoms with Crippen molar-refractivity contribution in [2.45, 2.75) is 0 Å². The molecule has 0 bridgehead atoms. The lowest BCUT2D eigenvalue weighted by Crippen LogP contribution is -2.17. The van der Waals surface area contributed by atoms with E-state index < -0.39 is 0 Å². The van der Waals surface area contributed by atoms with Gasteiger partial charge in [0.25, 0.3) is 0 Å². The van der Waals surface area contributed by atoms with Crippen LogP contribution in [0, 0.1) is 10.9 Å². The predicted octanol–water partition coefficient (Wildman–Crippen LogP) is 0.943. The van der Waals surface area contributed by atoms with Crippen molar-refractivity contribution < 1.29 is 0 Å². The first-order valence-corrected chi connectivity index (χ1v) is 2.97. The second-order valence-electron chi connectivity index (χ2n) is 1.81. The highest BCUT2D eigenvalue weighted by atomic mass is 15.4. The molecule has 5 nitrogen and oxygen atoms in total. The molecule has 0 saturated heterocycles. The zero-order valence-corrected chi connectivity index (χ0v) is 5.70. The average Bonchev–Trinajstić information content (AvgIpc) is 2.07. The van der Waals surface area contributed by atoms with Crippen LogP contribution in [0.2, 0.25) is 0 Å². The minimum Gasteiger partial charge on any atom is -0.281 e. The molecular formula is C6H7N5. The number of nitrogens with one attached hydrogen (secondary N) is 3. The fourth-order valence-electron chi connectivity index (χ4n) is 0.624. The molecule has 0 amide bonds. The van der Waals surface area contributed by atoms with E-state index in [4.69, 9.17) is 10.9 Å². The van der Waals surface area contributed by atoms with Crippen LogP contribution in [-0.4, -0.2) is 10.8 Å². The largest absolute Gasteiger partial charge is 0.281 e. The molecule has 0 radical (unpaired) electrons. The summed E-state index contributed by atoms with van der Waals surface area (Å²) in [5.41, 5.74) is 9.08. The van der Waals surface area contributed by atoms with Crippen molar-refractivity contribution in [3.05, 3.63) is 30.1 Å². The number of pyridine rings is 1. The summed E-state index contributed by atoms with van der Waals surface area (Å²) >= 11 is 0. The van der Waals surface area contributed by atoms with E-state index in [1.54, 1.807) is 24.4 Å². The zero-order chi connectivity index (χ0) is 8.10. The monoisotopic (exact) mass is 149 g/mol. The summed E-state index contributed by atoms with van der Waals surface area (Å²) < 4.78 is 0. The molecule has 1 aromatic rings. The van der Waals surface area contributed by atoms with Crippen LogP contribution in [0.25, 0.3) is 0 Å². The van der Waals surface area contributed by atoms with E-state index in [2.05, 4.69) is 15.6 Å². The summed E-state index contributed by atoms with van der Waals surface area (Å²) in [4.78, 5) is 3.87. The molecule has 0 aliphatic rings. The second kappa shape index (κ2) is 3.40. The Morgan fingerprint density at radius 2 is 2.36 bits per heavy atom. The highest BCUT2D eigenvalue weighted by Crippen LogP contribution is 1.91. The molecule has 0 fully saturated rings. The third kappa shape index (κ3) is 1.82. The van der Waals surface area contributed by atoms with Gasteiger partial charge < -0.3 is 0 Å². The first kappa shape index (κ1) is 7.33. The maximum absolute atomic E-state index is 7.24. The van der Waals surface area contributed by atoms with Crippen LogP contribution < -0.4 is 5.43 Å². The van der Waals surface area contributed by atoms with Gasteiger partial charge in [-0.3, -0.25) is 10.4 Å². The Labute approximate surface area is 63.5 Å². The van der Waals surface area contributed by atoms with Crippen LogP contribution in [0.3, 0.4) is 0 Å². The van der Waals surface area contributed by atoms with Crippen molar-refractivity contribution in [1.29, 1.82) is 10.9 Å². The van der Waals surface area contributed by atoms with E-state index in [-0.39, 0.29) is 5.84 Å². The van der Waals surface area contributed by atoms with Crippen molar-refractivity contribution in [2.75, 3.05) is 0 Å². The van der Waals surface area contributed by atoms with Gasteiger partial charge >= 0.3 is 0 Å². The number of hydrogen-bond donors (Lipinski definition) is 3. The van der Waals surface area contributed by atoms with Gasteiger partial charge in [0.2, 0.25) is 0 Å². The Morgan fingerprint density at radius 3 is 2.91 bits per heavy atom. The van der Waals surface area contributed by atoms with Crippen LogP contribution in [0.4, 0.5) is 0 Å². The molecule has 1 aromatic heterocycles. The average molecular weight is 149 g/mol. The standard InChI is InChI=1S/C6H7N5/c7-6(10-11-8)5-3-1-2-4-9-5/h1-4H,(H3,7,8,10). The fourth-order valence-corrected chi connectivity index (χ4v) is 0.624. The molecule has 0 aliphatic heterocycles. The van der Waals surface area contributed by atoms with E-state index in [1.807, 2.05) is 0 Å². The maximum Gasteiger partial charge on any atom is 0.166 e. The minimum atomic E-state index is 0.0283. The third-order valence-corrected chi connectivity index (χ3v) is 1.09. The topological polar surface area (TPSA) is 85.0 Å². The molecule has 0 saturated carbocycles. The first-order chi connectivity index (χ1) is 5.34. The summed E-state index contributed by atoms with van der Waals surface area (Å²) in [6.07, 6.45) is 1.58. The molecule has 0 unspecified atom stereocenters. The third-order valence-electron chi connectivity index (χ3n) is 1.09. The number of hydrogen-bond acceptors (Lipinski definition) is 4. The molecule has 1 rings (SSSR count). The molecular weight excluding hydrogens is 142 g/mol. The zero-order valence-electron chi connectivity index (χ0n) is 5.70. The van der Waals surface area contributed by atoms with Crippen LogP contribution in [-0.2, 0) is 0 Å². The summed E-state index contributed by atoms with van der Waals surface area (Å²) in [7, 11) is 0. The number of amidine groups is 1. The van der Waals surface area contributed by atoms with Crippen molar-refractivity contribution in [1.82, 2.24) is 10.4 Å². The van der Waals surface area contributed by atoms with Gasteiger partial charge in [0.15, 0.2) is 5.84 Å². The van der Waals surface area contributed by atoms with Crippen molar-refractivity contribution >= 4 is 5.84 Å². The molecule has 5 heteroatoms. The van der Waals surface area contributed by atoms with Crippen LogP contribution >= 0.6 is 0 Å². The Balaban J connectivity index is 2.77. The van der Waals surface area contributed by atoms with Crippen LogP contribution in [0.1, 0.15) is 5.69 Å². The Hall–Kier alpha value is -1.78. The lowest BCUT2D eigenvalue weighted by atomic mass is 10.3. The number of aromatic nitrogens is 1. The van der Waals surface area contributed by atoms with Gasteiger partial charge in [-0.25, -0.2) is 5.43 Å². The fraction of sp³-hybridized carbons (Fsp3) is 0. The van der Waals surface area contributed by atoms with Gasteiger partial charge in [0.1, 0.15) is 5.69 Å². The molecule has 0 spiro atoms. The summed E-state index contributed by atoms with van der Waals surface area (Å²) in [5, 5.41) is 10.1. The molecule has 56 valence electrons.